The van der Waals surface area contributed by atoms with E-state index >= 15 is 0 Å². The fourth-order valence-electron chi connectivity index (χ4n) is 3.71. The molecule has 0 aliphatic carbocycles. The molecule has 0 saturated carbocycles. The van der Waals surface area contributed by atoms with Crippen LogP contribution < -0.4 is 20.5 Å². The zero-order valence-corrected chi connectivity index (χ0v) is 19.8. The van der Waals surface area contributed by atoms with Crippen molar-refractivity contribution < 1.29 is 18.8 Å². The number of benzene rings is 2. The van der Waals surface area contributed by atoms with Gasteiger partial charge in [-0.15, -0.1) is 5.10 Å². The van der Waals surface area contributed by atoms with Crippen LogP contribution in [0, 0.1) is 6.92 Å². The van der Waals surface area contributed by atoms with Gasteiger partial charge in [0.2, 0.25) is 11.7 Å². The van der Waals surface area contributed by atoms with Gasteiger partial charge in [0.25, 0.3) is 5.89 Å². The lowest BCUT2D eigenvalue weighted by atomic mass is 10.1. The molecule has 0 spiro atoms. The minimum absolute atomic E-state index is 0.211. The smallest absolute Gasteiger partial charge is 0.350 e. The number of anilines is 1. The SMILES string of the molecule is COc1ccc(NC(=O)Cn2nc3c(-c4nc(-c5ccc(C)cc5)no4)cccn3c2=O)cc1OC. The van der Waals surface area contributed by atoms with Gasteiger partial charge in [-0.1, -0.05) is 35.0 Å². The molecular formula is C25H22N6O5. The number of ether oxygens (including phenoxy) is 2. The summed E-state index contributed by atoms with van der Waals surface area (Å²) in [4.78, 5) is 30.1. The van der Waals surface area contributed by atoms with Gasteiger partial charge in [-0.3, -0.25) is 4.79 Å². The van der Waals surface area contributed by atoms with Crippen LogP contribution in [0.5, 0.6) is 11.5 Å². The van der Waals surface area contributed by atoms with Crippen molar-refractivity contribution in [3.63, 3.8) is 0 Å². The molecule has 0 saturated heterocycles. The monoisotopic (exact) mass is 486 g/mol. The summed E-state index contributed by atoms with van der Waals surface area (Å²) < 4.78 is 18.3. The molecule has 1 N–H and O–H groups in total. The maximum atomic E-state index is 12.9. The molecule has 11 heteroatoms. The molecule has 5 rings (SSSR count). The van der Waals surface area contributed by atoms with Crippen LogP contribution in [0.15, 0.2) is 70.1 Å². The van der Waals surface area contributed by atoms with Crippen molar-refractivity contribution in [1.82, 2.24) is 24.3 Å². The quantitative estimate of drug-likeness (QED) is 0.372. The molecule has 2 aromatic carbocycles. The Morgan fingerprint density at radius 1 is 1.06 bits per heavy atom. The first-order valence-corrected chi connectivity index (χ1v) is 11.0. The van der Waals surface area contributed by atoms with Crippen LogP contribution in [-0.2, 0) is 11.3 Å². The lowest BCUT2D eigenvalue weighted by Gasteiger charge is -2.10. The average Bonchev–Trinajstić information content (AvgIpc) is 3.49. The fraction of sp³-hybridized carbons (Fsp3) is 0.160. The maximum absolute atomic E-state index is 12.9. The zero-order valence-electron chi connectivity index (χ0n) is 19.8. The second-order valence-electron chi connectivity index (χ2n) is 7.96. The number of amides is 1. The van der Waals surface area contributed by atoms with Crippen molar-refractivity contribution in [1.29, 1.82) is 0 Å². The first kappa shape index (κ1) is 22.8. The van der Waals surface area contributed by atoms with E-state index in [0.717, 1.165) is 15.8 Å². The Morgan fingerprint density at radius 2 is 1.83 bits per heavy atom. The molecule has 0 unspecified atom stereocenters. The van der Waals surface area contributed by atoms with Gasteiger partial charge in [0.15, 0.2) is 17.1 Å². The predicted octanol–water partition coefficient (Wildman–Crippen LogP) is 3.18. The van der Waals surface area contributed by atoms with Gasteiger partial charge in [0.05, 0.1) is 19.8 Å². The highest BCUT2D eigenvalue weighted by Crippen LogP contribution is 2.30. The van der Waals surface area contributed by atoms with E-state index in [2.05, 4.69) is 20.6 Å². The molecule has 36 heavy (non-hydrogen) atoms. The lowest BCUT2D eigenvalue weighted by Crippen LogP contribution is -2.28. The fourth-order valence-corrected chi connectivity index (χ4v) is 3.71. The third kappa shape index (κ3) is 4.29. The van der Waals surface area contributed by atoms with E-state index in [1.54, 1.807) is 36.5 Å². The van der Waals surface area contributed by atoms with E-state index in [4.69, 9.17) is 14.0 Å². The van der Waals surface area contributed by atoms with Gasteiger partial charge in [-0.25, -0.2) is 13.9 Å². The van der Waals surface area contributed by atoms with Crippen molar-refractivity contribution >= 4 is 17.2 Å². The molecule has 1 amide bonds. The second-order valence-corrected chi connectivity index (χ2v) is 7.96. The minimum Gasteiger partial charge on any atom is -0.493 e. The van der Waals surface area contributed by atoms with E-state index < -0.39 is 11.6 Å². The summed E-state index contributed by atoms with van der Waals surface area (Å²) in [5, 5.41) is 11.2. The topological polar surface area (TPSA) is 126 Å². The molecule has 0 bridgehead atoms. The number of pyridine rings is 1. The van der Waals surface area contributed by atoms with Gasteiger partial charge < -0.3 is 19.3 Å². The van der Waals surface area contributed by atoms with Gasteiger partial charge >= 0.3 is 5.69 Å². The van der Waals surface area contributed by atoms with Crippen LogP contribution in [0.1, 0.15) is 5.56 Å². The molecule has 11 nitrogen and oxygen atoms in total. The third-order valence-corrected chi connectivity index (χ3v) is 5.54. The number of methoxy groups -OCH3 is 2. The van der Waals surface area contributed by atoms with E-state index in [9.17, 15) is 9.59 Å². The summed E-state index contributed by atoms with van der Waals surface area (Å²) in [7, 11) is 3.03. The number of nitrogens with one attached hydrogen (secondary N) is 1. The number of carbonyl (C=O) groups is 1. The van der Waals surface area contributed by atoms with Crippen molar-refractivity contribution in [3.05, 3.63) is 76.8 Å². The highest BCUT2D eigenvalue weighted by atomic mass is 16.5. The van der Waals surface area contributed by atoms with Crippen LogP contribution in [-0.4, -0.2) is 44.4 Å². The Balaban J connectivity index is 1.41. The Morgan fingerprint density at radius 3 is 2.58 bits per heavy atom. The first-order chi connectivity index (χ1) is 17.5. The van der Waals surface area contributed by atoms with Gasteiger partial charge in [0.1, 0.15) is 6.54 Å². The van der Waals surface area contributed by atoms with Crippen LogP contribution in [0.25, 0.3) is 28.5 Å². The van der Waals surface area contributed by atoms with Crippen LogP contribution in [0.2, 0.25) is 0 Å². The van der Waals surface area contributed by atoms with Gasteiger partial charge in [-0.2, -0.15) is 4.98 Å². The molecule has 0 aliphatic heterocycles. The number of rotatable bonds is 7. The van der Waals surface area contributed by atoms with E-state index in [0.29, 0.717) is 34.2 Å². The minimum atomic E-state index is -0.479. The van der Waals surface area contributed by atoms with Crippen LogP contribution in [0.4, 0.5) is 5.69 Å². The van der Waals surface area contributed by atoms with Crippen LogP contribution in [0.3, 0.4) is 0 Å². The summed E-state index contributed by atoms with van der Waals surface area (Å²) >= 11 is 0. The Bertz CT molecular complexity index is 1620. The van der Waals surface area contributed by atoms with Crippen molar-refractivity contribution in [2.75, 3.05) is 19.5 Å². The number of nitrogens with zero attached hydrogens (tertiary/aromatic N) is 5. The predicted molar refractivity (Wildman–Crippen MR) is 131 cm³/mol. The van der Waals surface area contributed by atoms with Crippen molar-refractivity contribution in [2.45, 2.75) is 13.5 Å². The largest absolute Gasteiger partial charge is 0.493 e. The number of hydrogen-bond donors (Lipinski definition) is 1. The zero-order chi connectivity index (χ0) is 25.2. The number of aryl methyl sites for hydroxylation is 1. The standard InChI is InChI=1S/C25H22N6O5/c1-15-6-8-16(9-7-15)22-27-24(36-29-22)18-5-4-12-30-23(18)28-31(25(30)33)14-21(32)26-17-10-11-19(34-2)20(13-17)35-3/h4-13H,14H2,1-3H3,(H,26,32). The Labute approximate surface area is 204 Å². The number of carbonyl (C=O) groups excluding carboxylic acids is 1. The molecule has 5 aromatic rings. The second kappa shape index (κ2) is 9.37. The van der Waals surface area contributed by atoms with Crippen molar-refractivity contribution in [3.8, 4) is 34.3 Å². The molecular weight excluding hydrogens is 464 g/mol. The number of hydrogen-bond acceptors (Lipinski definition) is 8. The Kier molecular flexibility index (Phi) is 5.95. The molecule has 3 aromatic heterocycles. The van der Waals surface area contributed by atoms with Crippen LogP contribution >= 0.6 is 0 Å². The van der Waals surface area contributed by atoms with Gasteiger partial charge in [-0.05, 0) is 31.2 Å². The highest BCUT2D eigenvalue weighted by Gasteiger charge is 2.19. The summed E-state index contributed by atoms with van der Waals surface area (Å²) in [5.74, 6) is 1.19. The highest BCUT2D eigenvalue weighted by molar-refractivity contribution is 5.91. The summed E-state index contributed by atoms with van der Waals surface area (Å²) in [6.07, 6.45) is 1.56. The molecule has 3 heterocycles. The first-order valence-electron chi connectivity index (χ1n) is 11.0. The third-order valence-electron chi connectivity index (χ3n) is 5.54. The molecule has 0 atom stereocenters. The summed E-state index contributed by atoms with van der Waals surface area (Å²) in [6.45, 7) is 1.70. The Hall–Kier alpha value is -4.93. The lowest BCUT2D eigenvalue weighted by molar-refractivity contribution is -0.117. The molecule has 0 aliphatic rings. The average molecular weight is 486 g/mol. The number of aromatic nitrogens is 5. The van der Waals surface area contributed by atoms with Crippen molar-refractivity contribution in [2.24, 2.45) is 0 Å². The number of fused-ring (bicyclic) bond motifs is 1. The van der Waals surface area contributed by atoms with Gasteiger partial charge in [0, 0.05) is 23.5 Å². The summed E-state index contributed by atoms with van der Waals surface area (Å²) in [5.41, 5.74) is 2.70. The normalized spacial score (nSPS) is 11.0. The van der Waals surface area contributed by atoms with E-state index in [-0.39, 0.29) is 12.4 Å². The van der Waals surface area contributed by atoms with E-state index in [1.165, 1.54) is 18.6 Å². The molecule has 0 fully saturated rings. The molecule has 0 radical (unpaired) electrons. The molecule has 182 valence electrons. The van der Waals surface area contributed by atoms with E-state index in [1.807, 2.05) is 31.2 Å². The summed E-state index contributed by atoms with van der Waals surface area (Å²) in [6, 6.07) is 16.1. The maximum Gasteiger partial charge on any atom is 0.350 e.